The molecule has 0 amide bonds. The van der Waals surface area contributed by atoms with E-state index < -0.39 is 16.8 Å². The van der Waals surface area contributed by atoms with Crippen molar-refractivity contribution in [2.75, 3.05) is 12.0 Å². The zero-order chi connectivity index (χ0) is 12.4. The number of carbonyl (C=O) groups is 1. The predicted octanol–water partition coefficient (Wildman–Crippen LogP) is 1.11. The van der Waals surface area contributed by atoms with E-state index in [4.69, 9.17) is 5.11 Å². The van der Waals surface area contributed by atoms with Crippen molar-refractivity contribution < 1.29 is 14.1 Å². The summed E-state index contributed by atoms with van der Waals surface area (Å²) in [6, 6.07) is 4.81. The first-order chi connectivity index (χ1) is 8.08. The molecule has 0 bridgehead atoms. The molecular weight excluding hydrogens is 240 g/mol. The fraction of sp³-hybridized carbons (Fsp3) is 0.273. The molecule has 0 radical (unpaired) electrons. The second kappa shape index (κ2) is 4.67. The average Bonchev–Trinajstić information content (AvgIpc) is 2.68. The summed E-state index contributed by atoms with van der Waals surface area (Å²) in [4.78, 5) is 14.9. The van der Waals surface area contributed by atoms with Crippen LogP contribution in [0, 0.1) is 0 Å². The van der Waals surface area contributed by atoms with Crippen molar-refractivity contribution in [3.8, 4) is 0 Å². The van der Waals surface area contributed by atoms with Crippen molar-refractivity contribution in [3.05, 3.63) is 30.1 Å². The summed E-state index contributed by atoms with van der Waals surface area (Å²) >= 11 is 0. The number of aromatic carboxylic acids is 1. The molecular formula is C11H12N2O3S. The maximum absolute atomic E-state index is 11.0. The van der Waals surface area contributed by atoms with Crippen LogP contribution in [-0.2, 0) is 17.3 Å². The topological polar surface area (TPSA) is 72.2 Å². The van der Waals surface area contributed by atoms with Crippen LogP contribution in [0.1, 0.15) is 10.4 Å². The maximum atomic E-state index is 11.0. The minimum Gasteiger partial charge on any atom is -0.478 e. The zero-order valence-electron chi connectivity index (χ0n) is 9.29. The minimum atomic E-state index is -0.962. The van der Waals surface area contributed by atoms with Crippen molar-refractivity contribution >= 4 is 27.8 Å². The summed E-state index contributed by atoms with van der Waals surface area (Å²) in [5.74, 6) is -0.400. The number of aromatic nitrogens is 2. The lowest BCUT2D eigenvalue weighted by molar-refractivity contribution is 0.0697. The number of nitrogens with zero attached hydrogens (tertiary/aromatic N) is 2. The van der Waals surface area contributed by atoms with Gasteiger partial charge in [0.05, 0.1) is 22.9 Å². The van der Waals surface area contributed by atoms with Crippen LogP contribution in [0.5, 0.6) is 0 Å². The SMILES string of the molecule is CS(=O)CCn1cnc2cc(C(=O)O)ccc21. The van der Waals surface area contributed by atoms with Gasteiger partial charge in [0.2, 0.25) is 0 Å². The van der Waals surface area contributed by atoms with Crippen LogP contribution in [0.15, 0.2) is 24.5 Å². The van der Waals surface area contributed by atoms with Crippen molar-refractivity contribution in [3.63, 3.8) is 0 Å². The number of imidazole rings is 1. The molecule has 1 heterocycles. The third-order valence-corrected chi connectivity index (χ3v) is 3.25. The molecule has 0 spiro atoms. The second-order valence-electron chi connectivity index (χ2n) is 3.72. The van der Waals surface area contributed by atoms with E-state index in [1.165, 1.54) is 6.07 Å². The third kappa shape index (κ3) is 2.52. The lowest BCUT2D eigenvalue weighted by Gasteiger charge is -2.02. The Morgan fingerprint density at radius 2 is 2.29 bits per heavy atom. The van der Waals surface area contributed by atoms with E-state index in [0.717, 1.165) is 5.52 Å². The van der Waals surface area contributed by atoms with Crippen LogP contribution in [0.25, 0.3) is 11.0 Å². The number of hydrogen-bond donors (Lipinski definition) is 1. The quantitative estimate of drug-likeness (QED) is 0.884. The Morgan fingerprint density at radius 3 is 2.94 bits per heavy atom. The van der Waals surface area contributed by atoms with Gasteiger partial charge >= 0.3 is 5.97 Å². The van der Waals surface area contributed by atoms with E-state index in [1.807, 2.05) is 4.57 Å². The van der Waals surface area contributed by atoms with Crippen LogP contribution < -0.4 is 0 Å². The van der Waals surface area contributed by atoms with Gasteiger partial charge in [-0.15, -0.1) is 0 Å². The number of benzene rings is 1. The molecule has 0 fully saturated rings. The Bertz CT molecular complexity index is 591. The van der Waals surface area contributed by atoms with Gasteiger partial charge in [-0.25, -0.2) is 9.78 Å². The van der Waals surface area contributed by atoms with Gasteiger partial charge in [0.15, 0.2) is 0 Å². The number of carboxylic acids is 1. The Labute approximate surface area is 101 Å². The summed E-state index contributed by atoms with van der Waals surface area (Å²) in [5.41, 5.74) is 1.73. The first-order valence-electron chi connectivity index (χ1n) is 5.06. The molecule has 5 nitrogen and oxygen atoms in total. The molecule has 0 aliphatic carbocycles. The fourth-order valence-corrected chi connectivity index (χ4v) is 2.06. The van der Waals surface area contributed by atoms with Gasteiger partial charge in [-0.3, -0.25) is 4.21 Å². The Hall–Kier alpha value is -1.69. The lowest BCUT2D eigenvalue weighted by atomic mass is 10.2. The molecule has 2 aromatic rings. The van der Waals surface area contributed by atoms with E-state index in [9.17, 15) is 9.00 Å². The number of rotatable bonds is 4. The number of carboxylic acid groups (broad SMARTS) is 1. The Morgan fingerprint density at radius 1 is 1.53 bits per heavy atom. The number of aryl methyl sites for hydroxylation is 1. The monoisotopic (exact) mass is 252 g/mol. The molecule has 1 aromatic heterocycles. The number of hydrogen-bond acceptors (Lipinski definition) is 3. The van der Waals surface area contributed by atoms with Crippen LogP contribution >= 0.6 is 0 Å². The van der Waals surface area contributed by atoms with Crippen molar-refractivity contribution in [2.45, 2.75) is 6.54 Å². The van der Waals surface area contributed by atoms with Crippen LogP contribution in [0.3, 0.4) is 0 Å². The number of fused-ring (bicyclic) bond motifs is 1. The van der Waals surface area contributed by atoms with Gasteiger partial charge in [0.1, 0.15) is 0 Å². The molecule has 90 valence electrons. The van der Waals surface area contributed by atoms with Gasteiger partial charge in [0, 0.05) is 29.4 Å². The Balaban J connectivity index is 2.34. The molecule has 1 atom stereocenters. The highest BCUT2D eigenvalue weighted by atomic mass is 32.2. The molecule has 6 heteroatoms. The van der Waals surface area contributed by atoms with Crippen molar-refractivity contribution in [1.29, 1.82) is 0 Å². The normalized spacial score (nSPS) is 12.8. The van der Waals surface area contributed by atoms with E-state index in [2.05, 4.69) is 4.98 Å². The molecule has 0 saturated heterocycles. The van der Waals surface area contributed by atoms with E-state index in [1.54, 1.807) is 24.7 Å². The largest absolute Gasteiger partial charge is 0.478 e. The predicted molar refractivity (Wildman–Crippen MR) is 65.6 cm³/mol. The highest BCUT2D eigenvalue weighted by Crippen LogP contribution is 2.15. The summed E-state index contributed by atoms with van der Waals surface area (Å²) in [7, 11) is -0.848. The average molecular weight is 252 g/mol. The van der Waals surface area contributed by atoms with Crippen molar-refractivity contribution in [1.82, 2.24) is 9.55 Å². The summed E-state index contributed by atoms with van der Waals surface area (Å²) < 4.78 is 12.9. The highest BCUT2D eigenvalue weighted by molar-refractivity contribution is 7.84. The summed E-state index contributed by atoms with van der Waals surface area (Å²) in [6.45, 7) is 0.617. The molecule has 1 N–H and O–H groups in total. The molecule has 0 aliphatic rings. The molecule has 17 heavy (non-hydrogen) atoms. The molecule has 0 aliphatic heterocycles. The third-order valence-electron chi connectivity index (χ3n) is 2.49. The Kier molecular flexibility index (Phi) is 3.23. The molecule has 1 unspecified atom stereocenters. The maximum Gasteiger partial charge on any atom is 0.335 e. The second-order valence-corrected chi connectivity index (χ2v) is 5.28. The van der Waals surface area contributed by atoms with Gasteiger partial charge in [-0.05, 0) is 18.2 Å². The van der Waals surface area contributed by atoms with E-state index in [-0.39, 0.29) is 5.56 Å². The highest BCUT2D eigenvalue weighted by Gasteiger charge is 2.07. The molecule has 0 saturated carbocycles. The summed E-state index contributed by atoms with van der Waals surface area (Å²) in [6.07, 6.45) is 3.30. The van der Waals surface area contributed by atoms with Gasteiger partial charge in [0.25, 0.3) is 0 Å². The van der Waals surface area contributed by atoms with Crippen LogP contribution in [-0.4, -0.2) is 36.8 Å². The van der Waals surface area contributed by atoms with E-state index in [0.29, 0.717) is 17.8 Å². The first kappa shape index (κ1) is 11.8. The summed E-state index contributed by atoms with van der Waals surface area (Å²) in [5, 5.41) is 8.85. The molecule has 2 rings (SSSR count). The van der Waals surface area contributed by atoms with Crippen molar-refractivity contribution in [2.24, 2.45) is 0 Å². The standard InChI is InChI=1S/C11H12N2O3S/c1-17(16)5-4-13-7-12-9-6-8(11(14)15)2-3-10(9)13/h2-3,6-7H,4-5H2,1H3,(H,14,15). The van der Waals surface area contributed by atoms with Gasteiger partial charge < -0.3 is 9.67 Å². The molecule has 1 aromatic carbocycles. The van der Waals surface area contributed by atoms with Crippen LogP contribution in [0.4, 0.5) is 0 Å². The van der Waals surface area contributed by atoms with Gasteiger partial charge in [-0.2, -0.15) is 0 Å². The van der Waals surface area contributed by atoms with Gasteiger partial charge in [-0.1, -0.05) is 0 Å². The van der Waals surface area contributed by atoms with Crippen LogP contribution in [0.2, 0.25) is 0 Å². The first-order valence-corrected chi connectivity index (χ1v) is 6.79. The zero-order valence-corrected chi connectivity index (χ0v) is 10.1. The minimum absolute atomic E-state index is 0.224. The lowest BCUT2D eigenvalue weighted by Crippen LogP contribution is -2.05. The fourth-order valence-electron chi connectivity index (χ4n) is 1.60. The smallest absolute Gasteiger partial charge is 0.335 e. The van der Waals surface area contributed by atoms with E-state index >= 15 is 0 Å².